The third kappa shape index (κ3) is 4.93. The van der Waals surface area contributed by atoms with Gasteiger partial charge in [0, 0.05) is 31.9 Å². The molecule has 3 heterocycles. The Hall–Kier alpha value is -2.05. The number of aryl methyl sites for hydroxylation is 1. The van der Waals surface area contributed by atoms with Crippen LogP contribution in [0.3, 0.4) is 0 Å². The topological polar surface area (TPSA) is 60.2 Å². The van der Waals surface area contributed by atoms with Crippen molar-refractivity contribution >= 4 is 5.78 Å². The number of hydrogen-bond donors (Lipinski definition) is 0. The third-order valence-corrected chi connectivity index (χ3v) is 6.20. The van der Waals surface area contributed by atoms with E-state index in [-0.39, 0.29) is 11.8 Å². The second-order valence-corrected chi connectivity index (χ2v) is 8.24. The summed E-state index contributed by atoms with van der Waals surface area (Å²) in [6, 6.07) is 10.1. The molecule has 1 aromatic heterocycles. The van der Waals surface area contributed by atoms with E-state index in [1.165, 1.54) is 6.42 Å². The first-order valence-electron chi connectivity index (χ1n) is 11.1. The molecule has 0 N–H and O–H groups in total. The molecule has 0 radical (unpaired) electrons. The Balaban J connectivity index is 1.45. The van der Waals surface area contributed by atoms with Crippen molar-refractivity contribution in [1.29, 1.82) is 0 Å². The smallest absolute Gasteiger partial charge is 0.158 e. The second-order valence-electron chi connectivity index (χ2n) is 8.24. The molecule has 0 aliphatic carbocycles. The molecule has 0 unspecified atom stereocenters. The molecular weight excluding hydrogens is 364 g/mol. The molecule has 2 aromatic rings. The van der Waals surface area contributed by atoms with Crippen LogP contribution in [0.5, 0.6) is 0 Å². The van der Waals surface area contributed by atoms with E-state index < -0.39 is 0 Å². The van der Waals surface area contributed by atoms with E-state index in [1.807, 2.05) is 35.0 Å². The standard InChI is InChI=1S/C23H32N4O2/c1-2-27-23(19-8-4-3-5-9-19)24-22(25-27)16-21(28)20-10-6-7-13-26(20)17-18-11-14-29-15-12-18/h3-5,8-9,18,20H,2,6-7,10-17H2,1H3/t20-/m0/s1. The number of nitrogens with zero attached hydrogens (tertiary/aromatic N) is 4. The monoisotopic (exact) mass is 396 g/mol. The van der Waals surface area contributed by atoms with Gasteiger partial charge in [-0.05, 0) is 45.1 Å². The number of aromatic nitrogens is 3. The molecule has 2 aliphatic heterocycles. The van der Waals surface area contributed by atoms with E-state index in [9.17, 15) is 4.79 Å². The van der Waals surface area contributed by atoms with Gasteiger partial charge in [-0.15, -0.1) is 0 Å². The van der Waals surface area contributed by atoms with Gasteiger partial charge in [0.1, 0.15) is 0 Å². The highest BCUT2D eigenvalue weighted by Crippen LogP contribution is 2.24. The third-order valence-electron chi connectivity index (χ3n) is 6.20. The summed E-state index contributed by atoms with van der Waals surface area (Å²) in [6.45, 7) is 6.56. The van der Waals surface area contributed by atoms with Gasteiger partial charge in [0.2, 0.25) is 0 Å². The molecule has 1 atom stereocenters. The number of ketones is 1. The molecule has 1 aromatic carbocycles. The van der Waals surface area contributed by atoms with Crippen LogP contribution in [0.15, 0.2) is 30.3 Å². The first-order chi connectivity index (χ1) is 14.2. The number of carbonyl (C=O) groups is 1. The van der Waals surface area contributed by atoms with Gasteiger partial charge in [-0.2, -0.15) is 5.10 Å². The van der Waals surface area contributed by atoms with E-state index in [4.69, 9.17) is 9.72 Å². The maximum atomic E-state index is 13.2. The fraction of sp³-hybridized carbons (Fsp3) is 0.609. The lowest BCUT2D eigenvalue weighted by Crippen LogP contribution is -2.47. The molecule has 2 aliphatic rings. The number of ether oxygens (including phenoxy) is 1. The van der Waals surface area contributed by atoms with Gasteiger partial charge in [-0.25, -0.2) is 9.67 Å². The summed E-state index contributed by atoms with van der Waals surface area (Å²) in [5.74, 6) is 2.41. The maximum Gasteiger partial charge on any atom is 0.158 e. The van der Waals surface area contributed by atoms with Crippen LogP contribution >= 0.6 is 0 Å². The van der Waals surface area contributed by atoms with Crippen LogP contribution in [0.25, 0.3) is 11.4 Å². The number of carbonyl (C=O) groups excluding carboxylic acids is 1. The zero-order valence-corrected chi connectivity index (χ0v) is 17.4. The largest absolute Gasteiger partial charge is 0.381 e. The molecule has 2 fully saturated rings. The van der Waals surface area contributed by atoms with E-state index in [1.54, 1.807) is 0 Å². The summed E-state index contributed by atoms with van der Waals surface area (Å²) in [4.78, 5) is 20.4. The van der Waals surface area contributed by atoms with Gasteiger partial charge < -0.3 is 4.74 Å². The lowest BCUT2D eigenvalue weighted by atomic mass is 9.93. The van der Waals surface area contributed by atoms with Crippen molar-refractivity contribution < 1.29 is 9.53 Å². The Morgan fingerprint density at radius 1 is 1.14 bits per heavy atom. The summed E-state index contributed by atoms with van der Waals surface area (Å²) in [5, 5.41) is 4.63. The minimum Gasteiger partial charge on any atom is -0.381 e. The highest BCUT2D eigenvalue weighted by atomic mass is 16.5. The quantitative estimate of drug-likeness (QED) is 0.718. The molecule has 6 nitrogen and oxygen atoms in total. The fourth-order valence-electron chi connectivity index (χ4n) is 4.59. The Morgan fingerprint density at radius 3 is 2.69 bits per heavy atom. The Kier molecular flexibility index (Phi) is 6.72. The Labute approximate surface area is 173 Å². The maximum absolute atomic E-state index is 13.2. The first-order valence-corrected chi connectivity index (χ1v) is 11.1. The number of benzene rings is 1. The highest BCUT2D eigenvalue weighted by Gasteiger charge is 2.31. The SMILES string of the molecule is CCn1nc(CC(=O)[C@@H]2CCCCN2CC2CCOCC2)nc1-c1ccccc1. The number of piperidine rings is 1. The fourth-order valence-corrected chi connectivity index (χ4v) is 4.59. The first kappa shape index (κ1) is 20.2. The van der Waals surface area contributed by atoms with E-state index in [0.717, 1.165) is 69.9 Å². The average Bonchev–Trinajstić information content (AvgIpc) is 3.18. The van der Waals surface area contributed by atoms with Gasteiger partial charge in [-0.3, -0.25) is 9.69 Å². The van der Waals surface area contributed by atoms with Crippen LogP contribution < -0.4 is 0 Å². The van der Waals surface area contributed by atoms with Gasteiger partial charge >= 0.3 is 0 Å². The second kappa shape index (κ2) is 9.63. The van der Waals surface area contributed by atoms with Crippen molar-refractivity contribution in [1.82, 2.24) is 19.7 Å². The lowest BCUT2D eigenvalue weighted by Gasteiger charge is -2.37. The summed E-state index contributed by atoms with van der Waals surface area (Å²) in [5.41, 5.74) is 1.04. The molecule has 4 rings (SSSR count). The molecular formula is C23H32N4O2. The zero-order valence-electron chi connectivity index (χ0n) is 17.4. The van der Waals surface area contributed by atoms with Crippen molar-refractivity contribution in [2.45, 2.75) is 58.0 Å². The van der Waals surface area contributed by atoms with Crippen LogP contribution in [0.2, 0.25) is 0 Å². The van der Waals surface area contributed by atoms with Crippen molar-refractivity contribution in [2.75, 3.05) is 26.3 Å². The van der Waals surface area contributed by atoms with Crippen molar-refractivity contribution in [3.8, 4) is 11.4 Å². The highest BCUT2D eigenvalue weighted by molar-refractivity contribution is 5.85. The van der Waals surface area contributed by atoms with E-state index in [0.29, 0.717) is 18.2 Å². The number of likely N-dealkylation sites (tertiary alicyclic amines) is 1. The van der Waals surface area contributed by atoms with Gasteiger partial charge in [0.15, 0.2) is 17.4 Å². The van der Waals surface area contributed by atoms with Crippen LogP contribution in [-0.2, 0) is 22.5 Å². The molecule has 0 saturated carbocycles. The van der Waals surface area contributed by atoms with Crippen molar-refractivity contribution in [3.05, 3.63) is 36.2 Å². The summed E-state index contributed by atoms with van der Waals surface area (Å²) < 4.78 is 7.40. The number of hydrogen-bond acceptors (Lipinski definition) is 5. The van der Waals surface area contributed by atoms with Gasteiger partial charge in [-0.1, -0.05) is 36.8 Å². The van der Waals surface area contributed by atoms with Gasteiger partial charge in [0.05, 0.1) is 12.5 Å². The molecule has 0 amide bonds. The van der Waals surface area contributed by atoms with Crippen LogP contribution in [0.1, 0.15) is 44.9 Å². The van der Waals surface area contributed by atoms with Gasteiger partial charge in [0.25, 0.3) is 0 Å². The molecule has 6 heteroatoms. The van der Waals surface area contributed by atoms with E-state index >= 15 is 0 Å². The lowest BCUT2D eigenvalue weighted by molar-refractivity contribution is -0.125. The minimum atomic E-state index is 0.0142. The number of rotatable bonds is 7. The normalized spacial score (nSPS) is 21.3. The summed E-state index contributed by atoms with van der Waals surface area (Å²) in [7, 11) is 0. The zero-order chi connectivity index (χ0) is 20.1. The average molecular weight is 397 g/mol. The summed E-state index contributed by atoms with van der Waals surface area (Å²) >= 11 is 0. The number of Topliss-reactive ketones (excluding diaryl/α,β-unsaturated/α-hetero) is 1. The Morgan fingerprint density at radius 2 is 1.93 bits per heavy atom. The molecule has 156 valence electrons. The minimum absolute atomic E-state index is 0.0142. The van der Waals surface area contributed by atoms with Crippen molar-refractivity contribution in [3.63, 3.8) is 0 Å². The molecule has 29 heavy (non-hydrogen) atoms. The predicted octanol–water partition coefficient (Wildman–Crippen LogP) is 3.36. The molecule has 0 spiro atoms. The van der Waals surface area contributed by atoms with Crippen LogP contribution in [0.4, 0.5) is 0 Å². The van der Waals surface area contributed by atoms with Crippen LogP contribution in [0, 0.1) is 5.92 Å². The molecule has 0 bridgehead atoms. The van der Waals surface area contributed by atoms with E-state index in [2.05, 4.69) is 16.9 Å². The Bertz CT molecular complexity index is 798. The molecule has 2 saturated heterocycles. The van der Waals surface area contributed by atoms with Crippen LogP contribution in [-0.4, -0.2) is 57.8 Å². The summed E-state index contributed by atoms with van der Waals surface area (Å²) in [6.07, 6.45) is 5.82. The van der Waals surface area contributed by atoms with Crippen molar-refractivity contribution in [2.24, 2.45) is 5.92 Å². The predicted molar refractivity (Wildman–Crippen MR) is 113 cm³/mol.